The van der Waals surface area contributed by atoms with E-state index in [1.54, 1.807) is 23.5 Å². The van der Waals surface area contributed by atoms with Crippen LogP contribution in [-0.4, -0.2) is 19.2 Å². The second-order valence-corrected chi connectivity index (χ2v) is 7.58. The van der Waals surface area contributed by atoms with E-state index in [4.69, 9.17) is 0 Å². The van der Waals surface area contributed by atoms with Gasteiger partial charge in [-0.05, 0) is 18.6 Å². The average Bonchev–Trinajstić information content (AvgIpc) is 2.90. The second kappa shape index (κ2) is 4.70. The van der Waals surface area contributed by atoms with Crippen molar-refractivity contribution in [2.75, 3.05) is 5.75 Å². The summed E-state index contributed by atoms with van der Waals surface area (Å²) in [6.45, 7) is 2.56. The van der Waals surface area contributed by atoms with Crippen molar-refractivity contribution in [2.45, 2.75) is 24.4 Å². The number of aromatic nitrogens is 1. The molecule has 0 saturated carbocycles. The number of thiazole rings is 1. The highest BCUT2D eigenvalue weighted by molar-refractivity contribution is 7.91. The minimum atomic E-state index is -3.13. The predicted octanol–water partition coefficient (Wildman–Crippen LogP) is 2.07. The molecule has 0 aliphatic carbocycles. The highest BCUT2D eigenvalue weighted by Gasteiger charge is 2.33. The Kier molecular flexibility index (Phi) is 3.16. The Morgan fingerprint density at radius 1 is 1.42 bits per heavy atom. The molecule has 2 aromatic rings. The zero-order chi connectivity index (χ0) is 13.5. The maximum Gasteiger partial charge on any atom is 0.180 e. The molecule has 0 spiro atoms. The number of aryl methyl sites for hydroxylation is 1. The molecule has 6 heteroatoms. The Bertz CT molecular complexity index is 707. The summed E-state index contributed by atoms with van der Waals surface area (Å²) in [5.74, 6) is 0.136. The maximum absolute atomic E-state index is 12.0. The highest BCUT2D eigenvalue weighted by Crippen LogP contribution is 2.33. The zero-order valence-corrected chi connectivity index (χ0v) is 12.1. The van der Waals surface area contributed by atoms with Gasteiger partial charge in [-0.2, -0.15) is 0 Å². The summed E-state index contributed by atoms with van der Waals surface area (Å²) in [4.78, 5) is 4.83. The van der Waals surface area contributed by atoms with Crippen LogP contribution >= 0.6 is 11.3 Å². The molecule has 4 nitrogen and oxygen atoms in total. The first-order valence-electron chi connectivity index (χ1n) is 6.02. The molecule has 0 radical (unpaired) electrons. The first-order chi connectivity index (χ1) is 9.06. The molecule has 2 heterocycles. The summed E-state index contributed by atoms with van der Waals surface area (Å²) in [6.07, 6.45) is 0. The lowest BCUT2D eigenvalue weighted by Crippen LogP contribution is -2.22. The fourth-order valence-corrected chi connectivity index (χ4v) is 4.81. The van der Waals surface area contributed by atoms with Crippen molar-refractivity contribution in [2.24, 2.45) is 0 Å². The van der Waals surface area contributed by atoms with E-state index in [1.165, 1.54) is 0 Å². The van der Waals surface area contributed by atoms with Crippen LogP contribution in [0.4, 0.5) is 0 Å². The predicted molar refractivity (Wildman–Crippen MR) is 74.9 cm³/mol. The molecule has 1 N–H and O–H groups in total. The van der Waals surface area contributed by atoms with Crippen molar-refractivity contribution in [3.8, 4) is 0 Å². The second-order valence-electron chi connectivity index (χ2n) is 4.64. The SMILES string of the molecule is Cc1csc(CNC2CS(=O)(=O)c3ccccc32)n1. The quantitative estimate of drug-likeness (QED) is 0.941. The molecule has 0 bridgehead atoms. The van der Waals surface area contributed by atoms with Crippen LogP contribution in [0.25, 0.3) is 0 Å². The van der Waals surface area contributed by atoms with Crippen molar-refractivity contribution in [1.82, 2.24) is 10.3 Å². The standard InChI is InChI=1S/C13H14N2O2S2/c1-9-7-18-13(15-9)6-14-11-8-19(16,17)12-5-3-2-4-10(11)12/h2-5,7,11,14H,6,8H2,1H3. The fourth-order valence-electron chi connectivity index (χ4n) is 2.31. The topological polar surface area (TPSA) is 59.1 Å². The molecule has 1 atom stereocenters. The van der Waals surface area contributed by atoms with Gasteiger partial charge < -0.3 is 5.32 Å². The molecule has 100 valence electrons. The van der Waals surface area contributed by atoms with Gasteiger partial charge in [-0.3, -0.25) is 0 Å². The summed E-state index contributed by atoms with van der Waals surface area (Å²) < 4.78 is 24.1. The van der Waals surface area contributed by atoms with Gasteiger partial charge in [0.25, 0.3) is 0 Å². The van der Waals surface area contributed by atoms with Crippen molar-refractivity contribution >= 4 is 21.2 Å². The average molecular weight is 294 g/mol. The van der Waals surface area contributed by atoms with Crippen LogP contribution in [0.15, 0.2) is 34.5 Å². The Morgan fingerprint density at radius 2 is 2.21 bits per heavy atom. The van der Waals surface area contributed by atoms with Crippen molar-refractivity contribution in [3.05, 3.63) is 45.9 Å². The largest absolute Gasteiger partial charge is 0.303 e. The van der Waals surface area contributed by atoms with E-state index >= 15 is 0 Å². The van der Waals surface area contributed by atoms with Crippen LogP contribution in [0.1, 0.15) is 22.3 Å². The van der Waals surface area contributed by atoms with Crippen molar-refractivity contribution in [3.63, 3.8) is 0 Å². The van der Waals surface area contributed by atoms with Gasteiger partial charge in [-0.15, -0.1) is 11.3 Å². The Labute approximate surface area is 116 Å². The van der Waals surface area contributed by atoms with E-state index in [9.17, 15) is 8.42 Å². The van der Waals surface area contributed by atoms with Gasteiger partial charge in [0, 0.05) is 23.7 Å². The van der Waals surface area contributed by atoms with E-state index in [1.807, 2.05) is 24.4 Å². The summed E-state index contributed by atoms with van der Waals surface area (Å²) in [5, 5.41) is 6.27. The molecule has 1 aliphatic heterocycles. The monoisotopic (exact) mass is 294 g/mol. The number of sulfone groups is 1. The molecule has 0 amide bonds. The fraction of sp³-hybridized carbons (Fsp3) is 0.308. The lowest BCUT2D eigenvalue weighted by atomic mass is 10.1. The van der Waals surface area contributed by atoms with Crippen LogP contribution in [0.3, 0.4) is 0 Å². The number of nitrogens with zero attached hydrogens (tertiary/aromatic N) is 1. The molecule has 3 rings (SSSR count). The van der Waals surface area contributed by atoms with Crippen LogP contribution in [0.5, 0.6) is 0 Å². The number of nitrogens with one attached hydrogen (secondary N) is 1. The molecular weight excluding hydrogens is 280 g/mol. The first-order valence-corrected chi connectivity index (χ1v) is 8.55. The number of fused-ring (bicyclic) bond motifs is 1. The lowest BCUT2D eigenvalue weighted by Gasteiger charge is -2.10. The van der Waals surface area contributed by atoms with Gasteiger partial charge in [-0.25, -0.2) is 13.4 Å². The first kappa shape index (κ1) is 12.8. The molecule has 0 saturated heterocycles. The molecular formula is C13H14N2O2S2. The number of hydrogen-bond donors (Lipinski definition) is 1. The van der Waals surface area contributed by atoms with Crippen LogP contribution in [-0.2, 0) is 16.4 Å². The van der Waals surface area contributed by atoms with E-state index in [0.29, 0.717) is 11.4 Å². The van der Waals surface area contributed by atoms with Gasteiger partial charge in [0.1, 0.15) is 5.01 Å². The third kappa shape index (κ3) is 2.43. The molecule has 19 heavy (non-hydrogen) atoms. The minimum absolute atomic E-state index is 0.134. The number of benzene rings is 1. The Balaban J connectivity index is 1.80. The summed E-state index contributed by atoms with van der Waals surface area (Å²) in [7, 11) is -3.13. The van der Waals surface area contributed by atoms with Gasteiger partial charge in [0.05, 0.1) is 10.6 Å². The van der Waals surface area contributed by atoms with Gasteiger partial charge in [0.2, 0.25) is 0 Å². The Hall–Kier alpha value is -1.24. The van der Waals surface area contributed by atoms with Gasteiger partial charge >= 0.3 is 0 Å². The van der Waals surface area contributed by atoms with Gasteiger partial charge in [-0.1, -0.05) is 18.2 Å². The number of rotatable bonds is 3. The smallest absolute Gasteiger partial charge is 0.180 e. The normalized spacial score (nSPS) is 20.4. The van der Waals surface area contributed by atoms with E-state index in [0.717, 1.165) is 16.3 Å². The molecule has 1 aliphatic rings. The van der Waals surface area contributed by atoms with E-state index < -0.39 is 9.84 Å². The number of hydrogen-bond acceptors (Lipinski definition) is 5. The maximum atomic E-state index is 12.0. The molecule has 1 unspecified atom stereocenters. The van der Waals surface area contributed by atoms with Crippen LogP contribution in [0, 0.1) is 6.92 Å². The third-order valence-corrected chi connectivity index (χ3v) is 5.96. The van der Waals surface area contributed by atoms with Gasteiger partial charge in [0.15, 0.2) is 9.84 Å². The van der Waals surface area contributed by atoms with Crippen molar-refractivity contribution in [1.29, 1.82) is 0 Å². The third-order valence-electron chi connectivity index (χ3n) is 3.18. The molecule has 1 aromatic heterocycles. The summed E-state index contributed by atoms with van der Waals surface area (Å²) >= 11 is 1.59. The van der Waals surface area contributed by atoms with E-state index in [-0.39, 0.29) is 11.8 Å². The zero-order valence-electron chi connectivity index (χ0n) is 10.5. The van der Waals surface area contributed by atoms with E-state index in [2.05, 4.69) is 10.3 Å². The van der Waals surface area contributed by atoms with Crippen molar-refractivity contribution < 1.29 is 8.42 Å². The highest BCUT2D eigenvalue weighted by atomic mass is 32.2. The summed E-state index contributed by atoms with van der Waals surface area (Å²) in [6, 6.07) is 7.07. The van der Waals surface area contributed by atoms with Crippen LogP contribution in [0.2, 0.25) is 0 Å². The molecule has 0 fully saturated rings. The minimum Gasteiger partial charge on any atom is -0.303 e. The summed E-state index contributed by atoms with van der Waals surface area (Å²) in [5.41, 5.74) is 1.87. The molecule has 1 aromatic carbocycles. The lowest BCUT2D eigenvalue weighted by molar-refractivity contribution is 0.565. The Morgan fingerprint density at radius 3 is 2.95 bits per heavy atom. The van der Waals surface area contributed by atoms with Crippen LogP contribution < -0.4 is 5.32 Å².